The van der Waals surface area contributed by atoms with Gasteiger partial charge in [0.15, 0.2) is 0 Å². The van der Waals surface area contributed by atoms with E-state index in [0.717, 1.165) is 39.0 Å². The number of amides is 1. The predicted octanol–water partition coefficient (Wildman–Crippen LogP) is 3.63. The van der Waals surface area contributed by atoms with Crippen LogP contribution < -0.4 is 4.90 Å². The Hall–Kier alpha value is -2.33. The molecule has 160 valence electrons. The maximum absolute atomic E-state index is 13.0. The molecule has 4 heteroatoms. The molecule has 1 saturated heterocycles. The molecule has 1 unspecified atom stereocenters. The number of benzene rings is 2. The number of carbonyl (C=O) groups is 1. The Morgan fingerprint density at radius 1 is 1.03 bits per heavy atom. The third-order valence-electron chi connectivity index (χ3n) is 6.69. The van der Waals surface area contributed by atoms with Gasteiger partial charge in [-0.05, 0) is 67.0 Å². The lowest BCUT2D eigenvalue weighted by Crippen LogP contribution is -2.44. The number of anilines is 1. The molecule has 0 aliphatic carbocycles. The molecule has 0 N–H and O–H groups in total. The van der Waals surface area contributed by atoms with Crippen LogP contribution in [0.5, 0.6) is 0 Å². The first kappa shape index (κ1) is 20.9. The summed E-state index contributed by atoms with van der Waals surface area (Å²) in [6.45, 7) is 5.19. The molecule has 30 heavy (non-hydrogen) atoms. The smallest absolute Gasteiger partial charge is 0.227 e. The fourth-order valence-corrected chi connectivity index (χ4v) is 4.89. The van der Waals surface area contributed by atoms with Crippen molar-refractivity contribution in [1.29, 1.82) is 0 Å². The number of nitrogens with zero attached hydrogens (tertiary/aromatic N) is 3. The molecule has 0 aromatic heterocycles. The number of carbonyl (C=O) groups excluding carboxylic acids is 1. The molecular weight excluding hydrogens is 370 g/mol. The van der Waals surface area contributed by atoms with Crippen molar-refractivity contribution in [3.63, 3.8) is 0 Å². The lowest BCUT2D eigenvalue weighted by atomic mass is 9.96. The van der Waals surface area contributed by atoms with Gasteiger partial charge in [-0.3, -0.25) is 4.79 Å². The minimum Gasteiger partial charge on any atom is -0.378 e. The average Bonchev–Trinajstić information content (AvgIpc) is 2.91. The Labute approximate surface area is 181 Å². The molecule has 1 atom stereocenters. The maximum atomic E-state index is 13.0. The zero-order valence-electron chi connectivity index (χ0n) is 18.5. The van der Waals surface area contributed by atoms with Crippen LogP contribution in [0, 0.1) is 5.92 Å². The largest absolute Gasteiger partial charge is 0.378 e. The zero-order chi connectivity index (χ0) is 20.9. The lowest BCUT2D eigenvalue weighted by molar-refractivity contribution is -0.131. The SMILES string of the molecule is CN(C)c1ccc2c(c1)CCN(CC1CCCN(CCc3ccccc3)C1)C(=O)C2. The second kappa shape index (κ2) is 9.65. The fourth-order valence-electron chi connectivity index (χ4n) is 4.89. The van der Waals surface area contributed by atoms with Crippen LogP contribution in [-0.2, 0) is 24.1 Å². The van der Waals surface area contributed by atoms with Crippen LogP contribution in [0.15, 0.2) is 48.5 Å². The van der Waals surface area contributed by atoms with Gasteiger partial charge < -0.3 is 14.7 Å². The van der Waals surface area contributed by atoms with E-state index < -0.39 is 0 Å². The first-order valence-corrected chi connectivity index (χ1v) is 11.4. The number of likely N-dealkylation sites (tertiary alicyclic amines) is 1. The highest BCUT2D eigenvalue weighted by atomic mass is 16.2. The predicted molar refractivity (Wildman–Crippen MR) is 124 cm³/mol. The van der Waals surface area contributed by atoms with Gasteiger partial charge in [0.2, 0.25) is 5.91 Å². The summed E-state index contributed by atoms with van der Waals surface area (Å²) >= 11 is 0. The Kier molecular flexibility index (Phi) is 6.73. The summed E-state index contributed by atoms with van der Waals surface area (Å²) in [6, 6.07) is 17.3. The van der Waals surface area contributed by atoms with Crippen LogP contribution >= 0.6 is 0 Å². The van der Waals surface area contributed by atoms with E-state index in [1.54, 1.807) is 0 Å². The highest BCUT2D eigenvalue weighted by molar-refractivity contribution is 5.80. The molecule has 0 saturated carbocycles. The molecule has 4 rings (SSSR count). The average molecular weight is 406 g/mol. The van der Waals surface area contributed by atoms with E-state index in [0.29, 0.717) is 18.2 Å². The normalized spacial score (nSPS) is 20.0. The van der Waals surface area contributed by atoms with Gasteiger partial charge in [0.1, 0.15) is 0 Å². The third-order valence-corrected chi connectivity index (χ3v) is 6.69. The van der Waals surface area contributed by atoms with Gasteiger partial charge in [-0.2, -0.15) is 0 Å². The Bertz CT molecular complexity index is 849. The lowest BCUT2D eigenvalue weighted by Gasteiger charge is -2.35. The molecular formula is C26H35N3O. The molecule has 2 aromatic rings. The molecule has 0 radical (unpaired) electrons. The molecule has 2 heterocycles. The number of piperidine rings is 1. The second-order valence-electron chi connectivity index (χ2n) is 9.16. The first-order chi connectivity index (χ1) is 14.6. The van der Waals surface area contributed by atoms with E-state index in [1.165, 1.54) is 41.8 Å². The quantitative estimate of drug-likeness (QED) is 0.734. The molecule has 1 fully saturated rings. The van der Waals surface area contributed by atoms with Crippen LogP contribution in [0.25, 0.3) is 0 Å². The van der Waals surface area contributed by atoms with Gasteiger partial charge in [0, 0.05) is 46.0 Å². The summed E-state index contributed by atoms with van der Waals surface area (Å²) in [7, 11) is 4.14. The van der Waals surface area contributed by atoms with Gasteiger partial charge in [-0.25, -0.2) is 0 Å². The van der Waals surface area contributed by atoms with Crippen molar-refractivity contribution in [2.24, 2.45) is 5.92 Å². The van der Waals surface area contributed by atoms with Crippen LogP contribution in [0.1, 0.15) is 29.5 Å². The highest BCUT2D eigenvalue weighted by Crippen LogP contribution is 2.24. The van der Waals surface area contributed by atoms with E-state index in [9.17, 15) is 4.79 Å². The van der Waals surface area contributed by atoms with E-state index >= 15 is 0 Å². The van der Waals surface area contributed by atoms with Crippen molar-refractivity contribution in [1.82, 2.24) is 9.80 Å². The maximum Gasteiger partial charge on any atom is 0.227 e. The van der Waals surface area contributed by atoms with E-state index in [-0.39, 0.29) is 0 Å². The number of hydrogen-bond donors (Lipinski definition) is 0. The van der Waals surface area contributed by atoms with E-state index in [2.05, 4.69) is 77.3 Å². The molecule has 1 amide bonds. The second-order valence-corrected chi connectivity index (χ2v) is 9.16. The molecule has 2 aliphatic heterocycles. The van der Waals surface area contributed by atoms with Gasteiger partial charge >= 0.3 is 0 Å². The van der Waals surface area contributed by atoms with Crippen molar-refractivity contribution in [3.05, 3.63) is 65.2 Å². The summed E-state index contributed by atoms with van der Waals surface area (Å²) in [5, 5.41) is 0. The van der Waals surface area contributed by atoms with Crippen molar-refractivity contribution in [3.8, 4) is 0 Å². The van der Waals surface area contributed by atoms with E-state index in [1.807, 2.05) is 0 Å². The molecule has 4 nitrogen and oxygen atoms in total. The number of fused-ring (bicyclic) bond motifs is 1. The van der Waals surface area contributed by atoms with Gasteiger partial charge in [-0.1, -0.05) is 36.4 Å². The van der Waals surface area contributed by atoms with Crippen LogP contribution in [0.4, 0.5) is 5.69 Å². The summed E-state index contributed by atoms with van der Waals surface area (Å²) in [5.74, 6) is 0.893. The monoisotopic (exact) mass is 405 g/mol. The van der Waals surface area contributed by atoms with Crippen molar-refractivity contribution in [2.75, 3.05) is 51.7 Å². The standard InChI is InChI=1S/C26H35N3O/c1-27(2)25-11-10-23-18-26(30)29(16-13-24(23)17-25)20-22-9-6-14-28(19-22)15-12-21-7-4-3-5-8-21/h3-5,7-8,10-11,17,22H,6,9,12-16,18-20H2,1-2H3. The van der Waals surface area contributed by atoms with Crippen LogP contribution in [0.2, 0.25) is 0 Å². The zero-order valence-corrected chi connectivity index (χ0v) is 18.5. The highest BCUT2D eigenvalue weighted by Gasteiger charge is 2.26. The molecule has 0 bridgehead atoms. The van der Waals surface area contributed by atoms with Crippen LogP contribution in [0.3, 0.4) is 0 Å². The summed E-state index contributed by atoms with van der Waals surface area (Å²) in [6.07, 6.45) is 5.11. The first-order valence-electron chi connectivity index (χ1n) is 11.4. The molecule has 2 aromatic carbocycles. The van der Waals surface area contributed by atoms with Crippen LogP contribution in [-0.4, -0.2) is 62.5 Å². The van der Waals surface area contributed by atoms with Gasteiger partial charge in [0.05, 0.1) is 6.42 Å². The fraction of sp³-hybridized carbons (Fsp3) is 0.500. The van der Waals surface area contributed by atoms with Crippen molar-refractivity contribution in [2.45, 2.75) is 32.1 Å². The Morgan fingerprint density at radius 2 is 1.87 bits per heavy atom. The minimum atomic E-state index is 0.299. The summed E-state index contributed by atoms with van der Waals surface area (Å²) in [4.78, 5) is 19.8. The van der Waals surface area contributed by atoms with Crippen molar-refractivity contribution >= 4 is 11.6 Å². The van der Waals surface area contributed by atoms with Gasteiger partial charge in [0.25, 0.3) is 0 Å². The Balaban J connectivity index is 1.32. The summed E-state index contributed by atoms with van der Waals surface area (Å²) in [5.41, 5.74) is 5.18. The topological polar surface area (TPSA) is 26.8 Å². The number of rotatable bonds is 6. The summed E-state index contributed by atoms with van der Waals surface area (Å²) < 4.78 is 0. The molecule has 0 spiro atoms. The third kappa shape index (κ3) is 5.23. The molecule has 2 aliphatic rings. The van der Waals surface area contributed by atoms with Gasteiger partial charge in [-0.15, -0.1) is 0 Å². The minimum absolute atomic E-state index is 0.299. The number of hydrogen-bond acceptors (Lipinski definition) is 3. The van der Waals surface area contributed by atoms with Crippen molar-refractivity contribution < 1.29 is 4.79 Å². The van der Waals surface area contributed by atoms with E-state index in [4.69, 9.17) is 0 Å². The Morgan fingerprint density at radius 3 is 2.67 bits per heavy atom.